The second-order valence-corrected chi connectivity index (χ2v) is 6.31. The average molecular weight is 225 g/mol. The van der Waals surface area contributed by atoms with Crippen LogP contribution in [-0.2, 0) is 4.87 Å². The zero-order valence-electron chi connectivity index (χ0n) is 10.6. The van der Waals surface area contributed by atoms with Gasteiger partial charge < -0.3 is 0 Å². The van der Waals surface area contributed by atoms with Gasteiger partial charge in [-0.25, -0.2) is 0 Å². The third kappa shape index (κ3) is 2.36. The van der Waals surface area contributed by atoms with Gasteiger partial charge in [0.15, 0.2) is 0 Å². The predicted octanol–water partition coefficient (Wildman–Crippen LogP) is 4.80. The topological polar surface area (TPSA) is 0 Å². The molecule has 1 aromatic carbocycles. The third-order valence-electron chi connectivity index (χ3n) is 3.46. The van der Waals surface area contributed by atoms with Crippen LogP contribution in [-0.4, -0.2) is 0 Å². The standard InChI is InChI=1S/C14H21Cl/c1-10-7-8-12(9-11(10)2)14(6,15)13(3,4)5/h7-9H,1-6H3. The Balaban J connectivity index is 3.22. The van der Waals surface area contributed by atoms with Gasteiger partial charge in [0.05, 0.1) is 4.87 Å². The lowest BCUT2D eigenvalue weighted by molar-refractivity contribution is 0.296. The first-order chi connectivity index (χ1) is 6.66. The van der Waals surface area contributed by atoms with Gasteiger partial charge in [-0.2, -0.15) is 0 Å². The van der Waals surface area contributed by atoms with Gasteiger partial charge in [0.2, 0.25) is 0 Å². The largest absolute Gasteiger partial charge is 0.114 e. The molecule has 0 saturated carbocycles. The molecule has 0 aliphatic rings. The Hall–Kier alpha value is -0.490. The summed E-state index contributed by atoms with van der Waals surface area (Å²) in [5.41, 5.74) is 3.89. The first-order valence-corrected chi connectivity index (χ1v) is 5.80. The predicted molar refractivity (Wildman–Crippen MR) is 68.6 cm³/mol. The van der Waals surface area contributed by atoms with Crippen LogP contribution in [0.3, 0.4) is 0 Å². The van der Waals surface area contributed by atoms with Crippen molar-refractivity contribution in [1.29, 1.82) is 0 Å². The highest BCUT2D eigenvalue weighted by Gasteiger charge is 2.37. The number of rotatable bonds is 1. The molecule has 1 rings (SSSR count). The van der Waals surface area contributed by atoms with Crippen molar-refractivity contribution in [3.63, 3.8) is 0 Å². The fourth-order valence-corrected chi connectivity index (χ4v) is 1.58. The maximum Gasteiger partial charge on any atom is 0.0715 e. The smallest absolute Gasteiger partial charge is 0.0715 e. The van der Waals surface area contributed by atoms with E-state index in [0.29, 0.717) is 0 Å². The maximum atomic E-state index is 6.66. The minimum Gasteiger partial charge on any atom is -0.114 e. The van der Waals surface area contributed by atoms with Gasteiger partial charge in [-0.3, -0.25) is 0 Å². The van der Waals surface area contributed by atoms with Crippen LogP contribution in [0.15, 0.2) is 18.2 Å². The zero-order valence-corrected chi connectivity index (χ0v) is 11.4. The van der Waals surface area contributed by atoms with E-state index in [4.69, 9.17) is 11.6 Å². The maximum absolute atomic E-state index is 6.66. The van der Waals surface area contributed by atoms with Gasteiger partial charge >= 0.3 is 0 Å². The van der Waals surface area contributed by atoms with E-state index in [0.717, 1.165) is 0 Å². The van der Waals surface area contributed by atoms with Gasteiger partial charge in [-0.05, 0) is 42.9 Å². The summed E-state index contributed by atoms with van der Waals surface area (Å²) in [6.07, 6.45) is 0. The molecule has 0 aliphatic heterocycles. The highest BCUT2D eigenvalue weighted by molar-refractivity contribution is 6.24. The minimum atomic E-state index is -0.314. The molecule has 0 bridgehead atoms. The van der Waals surface area contributed by atoms with Crippen molar-refractivity contribution < 1.29 is 0 Å². The van der Waals surface area contributed by atoms with Crippen LogP contribution < -0.4 is 0 Å². The van der Waals surface area contributed by atoms with Gasteiger partial charge in [-0.15, -0.1) is 11.6 Å². The summed E-state index contributed by atoms with van der Waals surface area (Å²) in [4.78, 5) is -0.314. The molecular formula is C14H21Cl. The molecule has 1 atom stereocenters. The molecule has 84 valence electrons. The Morgan fingerprint density at radius 1 is 0.933 bits per heavy atom. The normalized spacial score (nSPS) is 16.2. The molecule has 1 unspecified atom stereocenters. The molecule has 0 fully saturated rings. The van der Waals surface area contributed by atoms with Crippen LogP contribution in [0.1, 0.15) is 44.4 Å². The Morgan fingerprint density at radius 2 is 1.47 bits per heavy atom. The molecule has 0 saturated heterocycles. The van der Waals surface area contributed by atoms with E-state index in [-0.39, 0.29) is 10.3 Å². The van der Waals surface area contributed by atoms with Crippen LogP contribution >= 0.6 is 11.6 Å². The Morgan fingerprint density at radius 3 is 1.87 bits per heavy atom. The van der Waals surface area contributed by atoms with Crippen LogP contribution in [0.5, 0.6) is 0 Å². The van der Waals surface area contributed by atoms with Crippen molar-refractivity contribution in [3.05, 3.63) is 34.9 Å². The molecule has 0 heterocycles. The van der Waals surface area contributed by atoms with E-state index in [1.807, 2.05) is 0 Å². The molecule has 0 N–H and O–H groups in total. The SMILES string of the molecule is Cc1ccc(C(C)(Cl)C(C)(C)C)cc1C. The summed E-state index contributed by atoms with van der Waals surface area (Å²) in [5, 5.41) is 0. The van der Waals surface area contributed by atoms with Crippen LogP contribution in [0.2, 0.25) is 0 Å². The molecule has 0 aliphatic carbocycles. The number of hydrogen-bond acceptors (Lipinski definition) is 0. The molecule has 1 heteroatoms. The summed E-state index contributed by atoms with van der Waals surface area (Å²) in [6.45, 7) is 12.9. The fourth-order valence-electron chi connectivity index (χ4n) is 1.47. The monoisotopic (exact) mass is 224 g/mol. The third-order valence-corrected chi connectivity index (χ3v) is 4.24. The van der Waals surface area contributed by atoms with E-state index in [1.54, 1.807) is 0 Å². The summed E-state index contributed by atoms with van der Waals surface area (Å²) < 4.78 is 0. The molecule has 1 aromatic rings. The minimum absolute atomic E-state index is 0.0518. The molecular weight excluding hydrogens is 204 g/mol. The van der Waals surface area contributed by atoms with E-state index in [9.17, 15) is 0 Å². The lowest BCUT2D eigenvalue weighted by Gasteiger charge is -2.37. The Bertz CT molecular complexity index is 356. The lowest BCUT2D eigenvalue weighted by Crippen LogP contribution is -2.31. The van der Waals surface area contributed by atoms with E-state index >= 15 is 0 Å². The fraction of sp³-hybridized carbons (Fsp3) is 0.571. The molecule has 0 aromatic heterocycles. The van der Waals surface area contributed by atoms with E-state index < -0.39 is 0 Å². The number of aryl methyl sites for hydroxylation is 2. The summed E-state index contributed by atoms with van der Waals surface area (Å²) >= 11 is 6.66. The van der Waals surface area contributed by atoms with Gasteiger partial charge in [0.25, 0.3) is 0 Å². The first kappa shape index (κ1) is 12.6. The Labute approximate surface area is 98.7 Å². The first-order valence-electron chi connectivity index (χ1n) is 5.43. The lowest BCUT2D eigenvalue weighted by atomic mass is 9.76. The van der Waals surface area contributed by atoms with Gasteiger partial charge in [0.1, 0.15) is 0 Å². The zero-order chi connectivity index (χ0) is 11.9. The Kier molecular flexibility index (Phi) is 3.21. The van der Waals surface area contributed by atoms with Crippen molar-refractivity contribution in [2.45, 2.75) is 46.4 Å². The molecule has 0 spiro atoms. The number of benzene rings is 1. The van der Waals surface area contributed by atoms with Crippen LogP contribution in [0.25, 0.3) is 0 Å². The van der Waals surface area contributed by atoms with Crippen LogP contribution in [0.4, 0.5) is 0 Å². The summed E-state index contributed by atoms with van der Waals surface area (Å²) in [6, 6.07) is 6.49. The quantitative estimate of drug-likeness (QED) is 0.601. The second-order valence-electron chi connectivity index (χ2n) is 5.55. The molecule has 0 amide bonds. The second kappa shape index (κ2) is 3.83. The van der Waals surface area contributed by atoms with Crippen molar-refractivity contribution in [2.75, 3.05) is 0 Å². The highest BCUT2D eigenvalue weighted by atomic mass is 35.5. The van der Waals surface area contributed by atoms with Gasteiger partial charge in [-0.1, -0.05) is 39.0 Å². The summed E-state index contributed by atoms with van der Waals surface area (Å²) in [7, 11) is 0. The number of hydrogen-bond donors (Lipinski definition) is 0. The molecule has 15 heavy (non-hydrogen) atoms. The molecule has 0 nitrogen and oxygen atoms in total. The van der Waals surface area contributed by atoms with E-state index in [2.05, 4.69) is 59.7 Å². The number of alkyl halides is 1. The average Bonchev–Trinajstić information content (AvgIpc) is 2.07. The van der Waals surface area contributed by atoms with Crippen molar-refractivity contribution in [1.82, 2.24) is 0 Å². The van der Waals surface area contributed by atoms with Crippen molar-refractivity contribution in [2.24, 2.45) is 5.41 Å². The van der Waals surface area contributed by atoms with Crippen molar-refractivity contribution in [3.8, 4) is 0 Å². The van der Waals surface area contributed by atoms with E-state index in [1.165, 1.54) is 16.7 Å². The molecule has 0 radical (unpaired) electrons. The summed E-state index contributed by atoms with van der Waals surface area (Å²) in [5.74, 6) is 0. The highest BCUT2D eigenvalue weighted by Crippen LogP contribution is 2.45. The van der Waals surface area contributed by atoms with Crippen LogP contribution in [0, 0.1) is 19.3 Å². The van der Waals surface area contributed by atoms with Gasteiger partial charge in [0, 0.05) is 0 Å². The number of halogens is 1. The van der Waals surface area contributed by atoms with Crippen molar-refractivity contribution >= 4 is 11.6 Å².